The van der Waals surface area contributed by atoms with Gasteiger partial charge in [0.2, 0.25) is 5.91 Å². The van der Waals surface area contributed by atoms with E-state index in [-0.39, 0.29) is 5.91 Å². The molecule has 0 aliphatic rings. The molecule has 0 aliphatic heterocycles. The molecule has 0 aromatic heterocycles. The summed E-state index contributed by atoms with van der Waals surface area (Å²) in [4.78, 5) is 12.0. The standard InChI is InChI=1S/C18H15ClN2O3/c1-23-16-10-13(9-15(19)18(16)24-2)5-8-17(22)21-14-6-3-12(11-20)4-7-14/h3-10H,1-2H3,(H,21,22)/b8-5+. The Morgan fingerprint density at radius 3 is 2.50 bits per heavy atom. The zero-order valence-electron chi connectivity index (χ0n) is 13.2. The van der Waals surface area contributed by atoms with Crippen LogP contribution >= 0.6 is 11.6 Å². The molecule has 0 radical (unpaired) electrons. The molecule has 2 aromatic rings. The van der Waals surface area contributed by atoms with Gasteiger partial charge in [-0.2, -0.15) is 5.26 Å². The van der Waals surface area contributed by atoms with Crippen molar-refractivity contribution in [2.24, 2.45) is 0 Å². The van der Waals surface area contributed by atoms with E-state index in [9.17, 15) is 4.79 Å². The molecule has 0 spiro atoms. The van der Waals surface area contributed by atoms with Crippen LogP contribution in [0.1, 0.15) is 11.1 Å². The maximum atomic E-state index is 12.0. The Hall–Kier alpha value is -2.97. The molecule has 0 unspecified atom stereocenters. The van der Waals surface area contributed by atoms with Crippen LogP contribution < -0.4 is 14.8 Å². The van der Waals surface area contributed by atoms with Gasteiger partial charge >= 0.3 is 0 Å². The first-order valence-electron chi connectivity index (χ1n) is 6.98. The van der Waals surface area contributed by atoms with Crippen molar-refractivity contribution in [3.63, 3.8) is 0 Å². The molecule has 0 saturated carbocycles. The average Bonchev–Trinajstić information content (AvgIpc) is 2.60. The third kappa shape index (κ3) is 4.28. The van der Waals surface area contributed by atoms with Gasteiger partial charge in [-0.15, -0.1) is 0 Å². The van der Waals surface area contributed by atoms with Crippen LogP contribution in [0.4, 0.5) is 5.69 Å². The number of ether oxygens (including phenoxy) is 2. The number of methoxy groups -OCH3 is 2. The van der Waals surface area contributed by atoms with Gasteiger partial charge in [0.1, 0.15) is 0 Å². The van der Waals surface area contributed by atoms with Crippen molar-refractivity contribution in [3.05, 3.63) is 58.6 Å². The largest absolute Gasteiger partial charge is 0.493 e. The van der Waals surface area contributed by atoms with Crippen LogP contribution in [0.15, 0.2) is 42.5 Å². The summed E-state index contributed by atoms with van der Waals surface area (Å²) in [6.45, 7) is 0. The first-order valence-corrected chi connectivity index (χ1v) is 7.36. The number of benzene rings is 2. The van der Waals surface area contributed by atoms with Gasteiger partial charge in [-0.3, -0.25) is 4.79 Å². The highest BCUT2D eigenvalue weighted by molar-refractivity contribution is 6.32. The lowest BCUT2D eigenvalue weighted by Crippen LogP contribution is -2.07. The SMILES string of the molecule is COc1cc(/C=C/C(=O)Nc2ccc(C#N)cc2)cc(Cl)c1OC. The first-order chi connectivity index (χ1) is 11.6. The Bertz CT molecular complexity index is 808. The lowest BCUT2D eigenvalue weighted by molar-refractivity contribution is -0.111. The number of carbonyl (C=O) groups is 1. The second kappa shape index (κ2) is 8.04. The van der Waals surface area contributed by atoms with E-state index < -0.39 is 0 Å². The number of hydrogen-bond donors (Lipinski definition) is 1. The number of carbonyl (C=O) groups excluding carboxylic acids is 1. The zero-order valence-corrected chi connectivity index (χ0v) is 13.9. The number of halogens is 1. The molecule has 6 heteroatoms. The minimum Gasteiger partial charge on any atom is -0.493 e. The number of amides is 1. The van der Waals surface area contributed by atoms with Crippen LogP contribution in [0.25, 0.3) is 6.08 Å². The van der Waals surface area contributed by atoms with Crippen molar-refractivity contribution in [2.75, 3.05) is 19.5 Å². The van der Waals surface area contributed by atoms with Crippen LogP contribution in [-0.4, -0.2) is 20.1 Å². The predicted octanol–water partition coefficient (Wildman–Crippen LogP) is 3.88. The van der Waals surface area contributed by atoms with Crippen LogP contribution in [0.3, 0.4) is 0 Å². The van der Waals surface area contributed by atoms with Crippen molar-refractivity contribution in [2.45, 2.75) is 0 Å². The molecule has 1 N–H and O–H groups in total. The van der Waals surface area contributed by atoms with Gasteiger partial charge in [0.15, 0.2) is 11.5 Å². The smallest absolute Gasteiger partial charge is 0.248 e. The van der Waals surface area contributed by atoms with E-state index in [4.69, 9.17) is 26.3 Å². The Morgan fingerprint density at radius 1 is 1.21 bits per heavy atom. The fourth-order valence-electron chi connectivity index (χ4n) is 2.02. The Morgan fingerprint density at radius 2 is 1.92 bits per heavy atom. The molecule has 5 nitrogen and oxygen atoms in total. The van der Waals surface area contributed by atoms with Gasteiger partial charge in [-0.1, -0.05) is 11.6 Å². The molecule has 0 fully saturated rings. The number of nitrogens with zero attached hydrogens (tertiary/aromatic N) is 1. The molecule has 2 rings (SSSR count). The van der Waals surface area contributed by atoms with Gasteiger partial charge in [0.05, 0.1) is 30.9 Å². The summed E-state index contributed by atoms with van der Waals surface area (Å²) in [5.41, 5.74) is 1.84. The second-order valence-corrected chi connectivity index (χ2v) is 5.16. The molecule has 0 aliphatic carbocycles. The average molecular weight is 343 g/mol. The molecule has 2 aromatic carbocycles. The maximum Gasteiger partial charge on any atom is 0.248 e. The fraction of sp³-hybridized carbons (Fsp3) is 0.111. The monoisotopic (exact) mass is 342 g/mol. The Kier molecular flexibility index (Phi) is 5.83. The van der Waals surface area contributed by atoms with E-state index in [2.05, 4.69) is 5.32 Å². The number of anilines is 1. The molecular weight excluding hydrogens is 328 g/mol. The summed E-state index contributed by atoms with van der Waals surface area (Å²) in [7, 11) is 3.02. The molecule has 0 bridgehead atoms. The normalized spacial score (nSPS) is 10.2. The second-order valence-electron chi connectivity index (χ2n) is 4.75. The van der Waals surface area contributed by atoms with Crippen LogP contribution in [0.5, 0.6) is 11.5 Å². The fourth-order valence-corrected chi connectivity index (χ4v) is 2.31. The zero-order chi connectivity index (χ0) is 17.5. The molecule has 0 saturated heterocycles. The van der Waals surface area contributed by atoms with E-state index in [0.29, 0.717) is 33.3 Å². The summed E-state index contributed by atoms with van der Waals surface area (Å²) in [6.07, 6.45) is 3.00. The molecule has 0 heterocycles. The summed E-state index contributed by atoms with van der Waals surface area (Å²) >= 11 is 6.12. The van der Waals surface area contributed by atoms with E-state index in [0.717, 1.165) is 0 Å². The van der Waals surface area contributed by atoms with Crippen LogP contribution in [0, 0.1) is 11.3 Å². The van der Waals surface area contributed by atoms with Gasteiger partial charge in [-0.25, -0.2) is 0 Å². The molecule has 122 valence electrons. The summed E-state index contributed by atoms with van der Waals surface area (Å²) in [5.74, 6) is 0.626. The van der Waals surface area contributed by atoms with Crippen molar-refractivity contribution in [1.29, 1.82) is 5.26 Å². The van der Waals surface area contributed by atoms with Gasteiger partial charge in [0.25, 0.3) is 0 Å². The third-order valence-electron chi connectivity index (χ3n) is 3.16. The number of hydrogen-bond acceptors (Lipinski definition) is 4. The quantitative estimate of drug-likeness (QED) is 0.837. The summed E-state index contributed by atoms with van der Waals surface area (Å²) in [5, 5.41) is 11.8. The highest BCUT2D eigenvalue weighted by Gasteiger charge is 2.09. The number of nitriles is 1. The highest BCUT2D eigenvalue weighted by atomic mass is 35.5. The Balaban J connectivity index is 2.10. The van der Waals surface area contributed by atoms with E-state index >= 15 is 0 Å². The lowest BCUT2D eigenvalue weighted by atomic mass is 10.2. The van der Waals surface area contributed by atoms with Crippen molar-refractivity contribution in [3.8, 4) is 17.6 Å². The topological polar surface area (TPSA) is 71.3 Å². The van der Waals surface area contributed by atoms with Crippen molar-refractivity contribution >= 4 is 29.3 Å². The van der Waals surface area contributed by atoms with Crippen molar-refractivity contribution in [1.82, 2.24) is 0 Å². The molecule has 24 heavy (non-hydrogen) atoms. The number of rotatable bonds is 5. The molecular formula is C18H15ClN2O3. The molecule has 0 atom stereocenters. The van der Waals surface area contributed by atoms with E-state index in [1.54, 1.807) is 42.5 Å². The van der Waals surface area contributed by atoms with E-state index in [1.165, 1.54) is 20.3 Å². The highest BCUT2D eigenvalue weighted by Crippen LogP contribution is 2.36. The third-order valence-corrected chi connectivity index (χ3v) is 3.45. The van der Waals surface area contributed by atoms with Gasteiger partial charge in [0, 0.05) is 11.8 Å². The van der Waals surface area contributed by atoms with Gasteiger partial charge < -0.3 is 14.8 Å². The lowest BCUT2D eigenvalue weighted by Gasteiger charge is -2.10. The summed E-state index contributed by atoms with van der Waals surface area (Å²) in [6, 6.07) is 12.0. The van der Waals surface area contributed by atoms with Crippen molar-refractivity contribution < 1.29 is 14.3 Å². The minimum atomic E-state index is -0.300. The Labute approximate surface area is 145 Å². The van der Waals surface area contributed by atoms with Crippen LogP contribution in [0.2, 0.25) is 5.02 Å². The molecule has 1 amide bonds. The number of nitrogens with one attached hydrogen (secondary N) is 1. The predicted molar refractivity (Wildman–Crippen MR) is 93.4 cm³/mol. The van der Waals surface area contributed by atoms with E-state index in [1.807, 2.05) is 6.07 Å². The summed E-state index contributed by atoms with van der Waals surface area (Å²) < 4.78 is 10.4. The minimum absolute atomic E-state index is 0.300. The first kappa shape index (κ1) is 17.4. The maximum absolute atomic E-state index is 12.0. The van der Waals surface area contributed by atoms with Gasteiger partial charge in [-0.05, 0) is 48.0 Å². The van der Waals surface area contributed by atoms with Crippen LogP contribution in [-0.2, 0) is 4.79 Å².